The van der Waals surface area contributed by atoms with Crippen molar-refractivity contribution in [2.45, 2.75) is 56.4 Å². The highest BCUT2D eigenvalue weighted by Crippen LogP contribution is 2.26. The van der Waals surface area contributed by atoms with Crippen molar-refractivity contribution in [2.75, 3.05) is 26.2 Å². The van der Waals surface area contributed by atoms with Gasteiger partial charge in [-0.1, -0.05) is 0 Å². The maximum atomic E-state index is 13.6. The number of nitro benzene ring substituents is 3. The van der Waals surface area contributed by atoms with E-state index in [9.17, 15) is 54.3 Å². The van der Waals surface area contributed by atoms with Crippen LogP contribution in [0, 0.1) is 30.3 Å². The fourth-order valence-corrected chi connectivity index (χ4v) is 6.66. The molecule has 23 nitrogen and oxygen atoms in total. The van der Waals surface area contributed by atoms with E-state index in [4.69, 9.17) is 19.9 Å². The number of nitro groups is 3. The molecule has 0 radical (unpaired) electrons. The van der Waals surface area contributed by atoms with Gasteiger partial charge in [0.2, 0.25) is 17.8 Å². The van der Waals surface area contributed by atoms with Gasteiger partial charge >= 0.3 is 18.3 Å². The van der Waals surface area contributed by atoms with Crippen LogP contribution in [0.5, 0.6) is 0 Å². The Balaban J connectivity index is 1.16. The molecule has 3 aromatic carbocycles. The molecule has 5 rings (SSSR count). The first-order valence-electron chi connectivity index (χ1n) is 18.4. The van der Waals surface area contributed by atoms with Gasteiger partial charge in [0.05, 0.1) is 14.8 Å². The van der Waals surface area contributed by atoms with Gasteiger partial charge in [-0.25, -0.2) is 19.3 Å². The van der Waals surface area contributed by atoms with Crippen molar-refractivity contribution in [3.63, 3.8) is 0 Å². The Kier molecular flexibility index (Phi) is 15.1. The number of benzene rings is 3. The second kappa shape index (κ2) is 20.5. The van der Waals surface area contributed by atoms with Gasteiger partial charge in [0.15, 0.2) is 0 Å². The molecule has 0 aromatic heterocycles. The third kappa shape index (κ3) is 12.6. The molecule has 322 valence electrons. The number of nitrogens with two attached hydrogens (primary N) is 1. The van der Waals surface area contributed by atoms with Crippen LogP contribution < -0.4 is 11.1 Å². The van der Waals surface area contributed by atoms with Gasteiger partial charge in [-0.05, 0) is 72.4 Å². The molecular weight excluding hydrogens is 827 g/mol. The Morgan fingerprint density at radius 3 is 1.69 bits per heavy atom. The van der Waals surface area contributed by atoms with Gasteiger partial charge in [0.1, 0.15) is 32.4 Å². The zero-order valence-electron chi connectivity index (χ0n) is 32.1. The smallest absolute Gasteiger partial charge is 0.437 e. The van der Waals surface area contributed by atoms with Crippen LogP contribution in [-0.4, -0.2) is 109 Å². The summed E-state index contributed by atoms with van der Waals surface area (Å²) in [5.41, 5.74) is 6.76. The van der Waals surface area contributed by atoms with Crippen LogP contribution in [0.4, 0.5) is 31.4 Å². The molecular formula is C37H39N9O14S. The second-order valence-corrected chi connectivity index (χ2v) is 14.4. The summed E-state index contributed by atoms with van der Waals surface area (Å²) in [6.45, 7) is -1.14. The van der Waals surface area contributed by atoms with Gasteiger partial charge in [-0.2, -0.15) is 12.6 Å². The van der Waals surface area contributed by atoms with E-state index in [0.29, 0.717) is 34.4 Å². The number of hydrogen-bond acceptors (Lipinski definition) is 15. The Labute approximate surface area is 351 Å². The SMILES string of the molecule is NC(=NC(=O)OCc1ccc([N+](=O)[O-])cc1)N(CC(=O)NC1CCN(C(=O)[C@@H]2C[C@H](S)CN2C(=O)OCc2ccc([N+](=O)[O-])cc2)CC1)C(=O)OCc1ccc([N+](=O)[O-])cc1. The number of piperidine rings is 1. The third-order valence-electron chi connectivity index (χ3n) is 9.50. The number of thiol groups is 1. The van der Waals surface area contributed by atoms with E-state index < -0.39 is 70.2 Å². The Bertz CT molecular complexity index is 2170. The number of nitrogens with one attached hydrogen (secondary N) is 1. The normalized spacial score (nSPS) is 16.6. The van der Waals surface area contributed by atoms with Gasteiger partial charge in [0.25, 0.3) is 17.1 Å². The lowest BCUT2D eigenvalue weighted by Gasteiger charge is -2.35. The molecule has 3 N–H and O–H groups in total. The Hall–Kier alpha value is -7.37. The molecule has 2 saturated heterocycles. The molecule has 3 aromatic rings. The van der Waals surface area contributed by atoms with Gasteiger partial charge in [-0.3, -0.25) is 44.8 Å². The lowest BCUT2D eigenvalue weighted by molar-refractivity contribution is -0.385. The standard InChI is InChI=1S/C37H39N9O14S/c38-34(40-35(49)58-20-23-1-7-27(8-2-23)44(52)53)43(37(51)60-22-25-5-11-29(12-6-25)46(56)57)19-32(47)39-26-13-15-41(16-14-26)33(48)31-17-30(61)18-42(31)36(50)59-21-24-3-9-28(10-4-24)45(54)55/h1-12,26,30-31,61H,13-22H2,(H,39,47)(H2,38,40,49)/t30-,31-/m0/s1. The number of non-ortho nitro benzene ring substituents is 3. The number of hydrogen-bond donors (Lipinski definition) is 3. The van der Waals surface area contributed by atoms with Crippen molar-refractivity contribution >= 4 is 65.7 Å². The number of carbonyl (C=O) groups is 5. The van der Waals surface area contributed by atoms with E-state index in [1.54, 1.807) is 4.90 Å². The number of likely N-dealkylation sites (tertiary alicyclic amines) is 2. The molecule has 2 heterocycles. The topological polar surface area (TPSA) is 303 Å². The van der Waals surface area contributed by atoms with Crippen LogP contribution in [-0.2, 0) is 43.6 Å². The van der Waals surface area contributed by atoms with E-state index in [0.717, 1.165) is 0 Å². The Morgan fingerprint density at radius 2 is 1.21 bits per heavy atom. The molecule has 0 bridgehead atoms. The Morgan fingerprint density at radius 1 is 0.754 bits per heavy atom. The number of aliphatic imine (C=N–C) groups is 1. The summed E-state index contributed by atoms with van der Waals surface area (Å²) in [7, 11) is 0. The molecule has 24 heteroatoms. The summed E-state index contributed by atoms with van der Waals surface area (Å²) < 4.78 is 15.7. The molecule has 2 atom stereocenters. The molecule has 2 aliphatic rings. The molecule has 0 aliphatic carbocycles. The first-order valence-corrected chi connectivity index (χ1v) is 18.9. The summed E-state index contributed by atoms with van der Waals surface area (Å²) in [6, 6.07) is 14.4. The van der Waals surface area contributed by atoms with Crippen LogP contribution >= 0.6 is 12.6 Å². The van der Waals surface area contributed by atoms with Crippen molar-refractivity contribution in [3.05, 3.63) is 120 Å². The van der Waals surface area contributed by atoms with E-state index in [1.165, 1.54) is 77.7 Å². The first kappa shape index (κ1) is 44.7. The monoisotopic (exact) mass is 865 g/mol. The largest absolute Gasteiger partial charge is 0.445 e. The summed E-state index contributed by atoms with van der Waals surface area (Å²) in [5, 5.41) is 35.3. The second-order valence-electron chi connectivity index (χ2n) is 13.7. The zero-order chi connectivity index (χ0) is 44.2. The molecule has 2 fully saturated rings. The minimum Gasteiger partial charge on any atom is -0.445 e. The maximum absolute atomic E-state index is 13.6. The first-order chi connectivity index (χ1) is 29.1. The van der Waals surface area contributed by atoms with Crippen molar-refractivity contribution in [1.29, 1.82) is 0 Å². The average molecular weight is 866 g/mol. The van der Waals surface area contributed by atoms with Gasteiger partial charge in [0, 0.05) is 67.3 Å². The fourth-order valence-electron chi connectivity index (χ4n) is 6.28. The van der Waals surface area contributed by atoms with Crippen molar-refractivity contribution in [2.24, 2.45) is 10.7 Å². The van der Waals surface area contributed by atoms with Gasteiger partial charge < -0.3 is 30.2 Å². The van der Waals surface area contributed by atoms with Crippen molar-refractivity contribution in [1.82, 2.24) is 20.0 Å². The highest BCUT2D eigenvalue weighted by Gasteiger charge is 2.42. The number of rotatable bonds is 13. The average Bonchev–Trinajstić information content (AvgIpc) is 3.64. The van der Waals surface area contributed by atoms with Gasteiger partial charge in [-0.15, -0.1) is 4.99 Å². The van der Waals surface area contributed by atoms with Crippen molar-refractivity contribution < 1.29 is 53.0 Å². The predicted molar refractivity (Wildman–Crippen MR) is 214 cm³/mol. The molecule has 0 spiro atoms. The number of guanidine groups is 1. The minimum absolute atomic E-state index is 0.114. The van der Waals surface area contributed by atoms with Crippen LogP contribution in [0.2, 0.25) is 0 Å². The highest BCUT2D eigenvalue weighted by atomic mass is 32.1. The van der Waals surface area contributed by atoms with Crippen LogP contribution in [0.3, 0.4) is 0 Å². The molecule has 0 saturated carbocycles. The summed E-state index contributed by atoms with van der Waals surface area (Å²) >= 11 is 4.48. The summed E-state index contributed by atoms with van der Waals surface area (Å²) in [4.78, 5) is 104. The maximum Gasteiger partial charge on any atom is 0.437 e. The zero-order valence-corrected chi connectivity index (χ0v) is 33.0. The van der Waals surface area contributed by atoms with Crippen LogP contribution in [0.25, 0.3) is 0 Å². The lowest BCUT2D eigenvalue weighted by atomic mass is 10.0. The highest BCUT2D eigenvalue weighted by molar-refractivity contribution is 7.81. The summed E-state index contributed by atoms with van der Waals surface area (Å²) in [5.74, 6) is -1.84. The van der Waals surface area contributed by atoms with Crippen LogP contribution in [0.15, 0.2) is 77.8 Å². The number of ether oxygens (including phenoxy) is 3. The van der Waals surface area contributed by atoms with E-state index in [2.05, 4.69) is 22.9 Å². The minimum atomic E-state index is -1.26. The molecule has 61 heavy (non-hydrogen) atoms. The third-order valence-corrected chi connectivity index (χ3v) is 9.88. The number of amides is 5. The quantitative estimate of drug-likeness (QED) is 0.0549. The predicted octanol–water partition coefficient (Wildman–Crippen LogP) is 3.82. The number of nitrogens with zero attached hydrogens (tertiary/aromatic N) is 7. The summed E-state index contributed by atoms with van der Waals surface area (Å²) in [6.07, 6.45) is -2.34. The van der Waals surface area contributed by atoms with Crippen LogP contribution in [0.1, 0.15) is 36.0 Å². The van der Waals surface area contributed by atoms with E-state index in [1.807, 2.05) is 0 Å². The number of carbonyl (C=O) groups excluding carboxylic acids is 5. The lowest BCUT2D eigenvalue weighted by Crippen LogP contribution is -2.54. The molecule has 5 amide bonds. The fraction of sp³-hybridized carbons (Fsp3) is 0.351. The van der Waals surface area contributed by atoms with E-state index in [-0.39, 0.29) is 67.5 Å². The van der Waals surface area contributed by atoms with Crippen molar-refractivity contribution in [3.8, 4) is 0 Å². The van der Waals surface area contributed by atoms with E-state index >= 15 is 0 Å². The molecule has 2 aliphatic heterocycles. The molecule has 0 unspecified atom stereocenters.